The molecule has 0 unspecified atom stereocenters. The monoisotopic (exact) mass is 218 g/mol. The SMILES string of the molecule is C/C=C/CNC(=S)NNC(=S)NC. The van der Waals surface area contributed by atoms with Crippen molar-refractivity contribution in [2.24, 2.45) is 0 Å². The minimum absolute atomic E-state index is 0.496. The summed E-state index contributed by atoms with van der Waals surface area (Å²) >= 11 is 9.75. The number of nitrogens with one attached hydrogen (secondary N) is 4. The highest BCUT2D eigenvalue weighted by atomic mass is 32.1. The van der Waals surface area contributed by atoms with Gasteiger partial charge in [-0.2, -0.15) is 0 Å². The first-order chi connectivity index (χ1) is 6.20. The average Bonchev–Trinajstić information content (AvgIpc) is 2.14. The van der Waals surface area contributed by atoms with Crippen LogP contribution < -0.4 is 21.5 Å². The standard InChI is InChI=1S/C7H14N4S2/c1-3-4-5-9-7(13)11-10-6(12)8-2/h3-4H,5H2,1-2H3,(H2,8,10,12)(H2,9,11,13)/b4-3+. The van der Waals surface area contributed by atoms with Gasteiger partial charge in [-0.05, 0) is 31.4 Å². The fourth-order valence-electron chi connectivity index (χ4n) is 0.490. The predicted octanol–water partition coefficient (Wildman–Crippen LogP) is 0.0355. The Bertz CT molecular complexity index is 203. The van der Waals surface area contributed by atoms with Crippen LogP contribution in [0.1, 0.15) is 6.92 Å². The van der Waals surface area contributed by atoms with E-state index in [4.69, 9.17) is 24.4 Å². The lowest BCUT2D eigenvalue weighted by Crippen LogP contribution is -2.49. The van der Waals surface area contributed by atoms with Gasteiger partial charge in [0.15, 0.2) is 10.2 Å². The van der Waals surface area contributed by atoms with E-state index in [1.807, 2.05) is 19.1 Å². The quantitative estimate of drug-likeness (QED) is 0.298. The molecule has 0 aliphatic carbocycles. The van der Waals surface area contributed by atoms with E-state index >= 15 is 0 Å². The number of hydrazine groups is 1. The Hall–Kier alpha value is -0.880. The van der Waals surface area contributed by atoms with Gasteiger partial charge in [-0.15, -0.1) is 0 Å². The molecular weight excluding hydrogens is 204 g/mol. The van der Waals surface area contributed by atoms with Crippen LogP contribution in [0.5, 0.6) is 0 Å². The first kappa shape index (κ1) is 12.1. The molecule has 0 atom stereocenters. The van der Waals surface area contributed by atoms with Crippen molar-refractivity contribution in [1.82, 2.24) is 21.5 Å². The summed E-state index contributed by atoms with van der Waals surface area (Å²) in [6, 6.07) is 0. The maximum absolute atomic E-state index is 4.93. The summed E-state index contributed by atoms with van der Waals surface area (Å²) in [7, 11) is 1.73. The fourth-order valence-corrected chi connectivity index (χ4v) is 0.675. The molecule has 6 heteroatoms. The molecule has 0 heterocycles. The van der Waals surface area contributed by atoms with Gasteiger partial charge in [0.2, 0.25) is 0 Å². The summed E-state index contributed by atoms with van der Waals surface area (Å²) in [5.41, 5.74) is 5.43. The minimum Gasteiger partial charge on any atom is -0.364 e. The third-order valence-corrected chi connectivity index (χ3v) is 1.69. The molecule has 0 spiro atoms. The highest BCUT2D eigenvalue weighted by molar-refractivity contribution is 7.80. The van der Waals surface area contributed by atoms with Crippen molar-refractivity contribution >= 4 is 34.7 Å². The molecule has 0 aliphatic rings. The van der Waals surface area contributed by atoms with Crippen LogP contribution in [0.4, 0.5) is 0 Å². The summed E-state index contributed by atoms with van der Waals surface area (Å²) in [5.74, 6) is 0. The van der Waals surface area contributed by atoms with E-state index in [9.17, 15) is 0 Å². The second kappa shape index (κ2) is 7.75. The number of hydrogen-bond acceptors (Lipinski definition) is 2. The molecule has 0 aromatic rings. The highest BCUT2D eigenvalue weighted by Crippen LogP contribution is 1.68. The van der Waals surface area contributed by atoms with Crippen molar-refractivity contribution in [3.63, 3.8) is 0 Å². The van der Waals surface area contributed by atoms with Crippen molar-refractivity contribution in [3.05, 3.63) is 12.2 Å². The second-order valence-corrected chi connectivity index (χ2v) is 2.92. The molecule has 0 fully saturated rings. The molecule has 0 saturated heterocycles. The largest absolute Gasteiger partial charge is 0.364 e. The molecule has 4 nitrogen and oxygen atoms in total. The van der Waals surface area contributed by atoms with Gasteiger partial charge in [0, 0.05) is 13.6 Å². The highest BCUT2D eigenvalue weighted by Gasteiger charge is 1.92. The van der Waals surface area contributed by atoms with E-state index in [1.165, 1.54) is 0 Å². The summed E-state index contributed by atoms with van der Waals surface area (Å²) in [4.78, 5) is 0. The zero-order valence-electron chi connectivity index (χ0n) is 7.68. The van der Waals surface area contributed by atoms with E-state index < -0.39 is 0 Å². The Kier molecular flexibility index (Phi) is 7.23. The molecule has 0 bridgehead atoms. The van der Waals surface area contributed by atoms with Gasteiger partial charge >= 0.3 is 0 Å². The molecule has 0 saturated carbocycles. The van der Waals surface area contributed by atoms with Crippen LogP contribution in [-0.4, -0.2) is 23.8 Å². The van der Waals surface area contributed by atoms with Crippen molar-refractivity contribution in [2.75, 3.05) is 13.6 Å². The smallest absolute Gasteiger partial charge is 0.185 e. The topological polar surface area (TPSA) is 48.1 Å². The van der Waals surface area contributed by atoms with Crippen LogP contribution in [0, 0.1) is 0 Å². The Morgan fingerprint density at radius 3 is 2.38 bits per heavy atom. The van der Waals surface area contributed by atoms with Crippen molar-refractivity contribution in [1.29, 1.82) is 0 Å². The molecule has 13 heavy (non-hydrogen) atoms. The Labute approximate surface area is 89.1 Å². The van der Waals surface area contributed by atoms with Crippen LogP contribution in [0.3, 0.4) is 0 Å². The van der Waals surface area contributed by atoms with Crippen LogP contribution in [0.2, 0.25) is 0 Å². The van der Waals surface area contributed by atoms with Crippen LogP contribution in [-0.2, 0) is 0 Å². The Morgan fingerprint density at radius 1 is 1.23 bits per heavy atom. The lowest BCUT2D eigenvalue weighted by atomic mass is 10.5. The van der Waals surface area contributed by atoms with E-state index in [2.05, 4.69) is 21.5 Å². The second-order valence-electron chi connectivity index (χ2n) is 2.11. The molecule has 0 aromatic carbocycles. The number of thiocarbonyl (C=S) groups is 2. The molecule has 0 radical (unpaired) electrons. The number of rotatable bonds is 2. The van der Waals surface area contributed by atoms with Gasteiger partial charge < -0.3 is 10.6 Å². The molecule has 0 aliphatic heterocycles. The summed E-state index contributed by atoms with van der Waals surface area (Å²) in [6.07, 6.45) is 3.91. The maximum atomic E-state index is 4.93. The van der Waals surface area contributed by atoms with Crippen molar-refractivity contribution < 1.29 is 0 Å². The molecule has 4 N–H and O–H groups in total. The molecule has 0 rings (SSSR count). The third kappa shape index (κ3) is 7.48. The normalized spacial score (nSPS) is 9.38. The summed E-state index contributed by atoms with van der Waals surface area (Å²) in [6.45, 7) is 2.66. The zero-order valence-corrected chi connectivity index (χ0v) is 9.31. The third-order valence-electron chi connectivity index (χ3n) is 1.13. The average molecular weight is 218 g/mol. The Morgan fingerprint density at radius 2 is 1.85 bits per heavy atom. The van der Waals surface area contributed by atoms with Crippen LogP contribution in [0.15, 0.2) is 12.2 Å². The minimum atomic E-state index is 0.496. The van der Waals surface area contributed by atoms with Gasteiger partial charge in [0.05, 0.1) is 0 Å². The van der Waals surface area contributed by atoms with Gasteiger partial charge in [-0.3, -0.25) is 10.9 Å². The van der Waals surface area contributed by atoms with E-state index in [1.54, 1.807) is 7.05 Å². The molecule has 0 aromatic heterocycles. The van der Waals surface area contributed by atoms with Crippen molar-refractivity contribution in [2.45, 2.75) is 6.92 Å². The lowest BCUT2D eigenvalue weighted by molar-refractivity contribution is 0.817. The molecule has 0 amide bonds. The number of hydrogen-bond donors (Lipinski definition) is 4. The van der Waals surface area contributed by atoms with Gasteiger partial charge in [-0.1, -0.05) is 12.2 Å². The van der Waals surface area contributed by atoms with E-state index in [0.717, 1.165) is 0 Å². The zero-order chi connectivity index (χ0) is 10.1. The van der Waals surface area contributed by atoms with Gasteiger partial charge in [0.1, 0.15) is 0 Å². The fraction of sp³-hybridized carbons (Fsp3) is 0.429. The predicted molar refractivity (Wildman–Crippen MR) is 63.3 cm³/mol. The summed E-state index contributed by atoms with van der Waals surface area (Å²) < 4.78 is 0. The van der Waals surface area contributed by atoms with E-state index in [0.29, 0.717) is 16.8 Å². The first-order valence-electron chi connectivity index (χ1n) is 3.83. The Balaban J connectivity index is 3.46. The molecular formula is C7H14N4S2. The maximum Gasteiger partial charge on any atom is 0.185 e. The van der Waals surface area contributed by atoms with Crippen LogP contribution >= 0.6 is 24.4 Å². The first-order valence-corrected chi connectivity index (χ1v) is 4.65. The van der Waals surface area contributed by atoms with E-state index in [-0.39, 0.29) is 0 Å². The van der Waals surface area contributed by atoms with Gasteiger partial charge in [0.25, 0.3) is 0 Å². The number of allylic oxidation sites excluding steroid dienone is 1. The van der Waals surface area contributed by atoms with Crippen molar-refractivity contribution in [3.8, 4) is 0 Å². The summed E-state index contributed by atoms with van der Waals surface area (Å²) in [5, 5.41) is 6.70. The van der Waals surface area contributed by atoms with Crippen LogP contribution in [0.25, 0.3) is 0 Å². The van der Waals surface area contributed by atoms with Gasteiger partial charge in [-0.25, -0.2) is 0 Å². The lowest BCUT2D eigenvalue weighted by Gasteiger charge is -2.11. The molecule has 74 valence electrons.